The standard InChI is InChI=1S/C4H6O3.C4H10O2S/c1-3-2-6-4(5)7-3;1-3(5)7-4(2)6/h3H,2H2,1H3;3-6H,1-2H3. The van der Waals surface area contributed by atoms with Crippen LogP contribution in [-0.2, 0) is 9.47 Å². The van der Waals surface area contributed by atoms with Gasteiger partial charge in [-0.05, 0) is 20.8 Å². The highest BCUT2D eigenvalue weighted by molar-refractivity contribution is 8.00. The van der Waals surface area contributed by atoms with Crippen LogP contribution in [0.15, 0.2) is 0 Å². The molecule has 5 nitrogen and oxygen atoms in total. The van der Waals surface area contributed by atoms with Gasteiger partial charge in [0, 0.05) is 0 Å². The SMILES string of the molecule is CC(O)SC(C)O.CC1COC(=O)O1. The number of carbonyl (C=O) groups is 1. The Kier molecular flexibility index (Phi) is 6.69. The van der Waals surface area contributed by atoms with Crippen LogP contribution in [0.3, 0.4) is 0 Å². The van der Waals surface area contributed by atoms with E-state index in [4.69, 9.17) is 10.2 Å². The minimum Gasteiger partial charge on any atom is -0.430 e. The lowest BCUT2D eigenvalue weighted by Gasteiger charge is -2.04. The van der Waals surface area contributed by atoms with Crippen molar-refractivity contribution in [3.63, 3.8) is 0 Å². The zero-order valence-electron chi connectivity index (χ0n) is 8.47. The highest BCUT2D eigenvalue weighted by Crippen LogP contribution is 2.10. The molecule has 0 amide bonds. The molecule has 0 spiro atoms. The molecule has 0 saturated carbocycles. The fraction of sp³-hybridized carbons (Fsp3) is 0.875. The van der Waals surface area contributed by atoms with Gasteiger partial charge in [0.15, 0.2) is 0 Å². The number of hydrogen-bond acceptors (Lipinski definition) is 6. The second kappa shape index (κ2) is 6.92. The van der Waals surface area contributed by atoms with Crippen LogP contribution in [0, 0.1) is 0 Å². The Morgan fingerprint density at radius 2 is 1.93 bits per heavy atom. The van der Waals surface area contributed by atoms with Crippen molar-refractivity contribution in [3.05, 3.63) is 0 Å². The molecule has 0 aromatic rings. The van der Waals surface area contributed by atoms with Gasteiger partial charge in [0.2, 0.25) is 0 Å². The highest BCUT2D eigenvalue weighted by Gasteiger charge is 2.19. The Labute approximate surface area is 87.4 Å². The highest BCUT2D eigenvalue weighted by atomic mass is 32.2. The summed E-state index contributed by atoms with van der Waals surface area (Å²) in [4.78, 5) is 10.0. The molecule has 1 aliphatic heterocycles. The number of ether oxygens (including phenoxy) is 2. The predicted molar refractivity (Wildman–Crippen MR) is 52.8 cm³/mol. The molecule has 0 aromatic heterocycles. The van der Waals surface area contributed by atoms with Crippen LogP contribution < -0.4 is 0 Å². The summed E-state index contributed by atoms with van der Waals surface area (Å²) in [6.45, 7) is 5.43. The number of cyclic esters (lactones) is 2. The molecule has 0 aliphatic carbocycles. The largest absolute Gasteiger partial charge is 0.508 e. The van der Waals surface area contributed by atoms with Crippen molar-refractivity contribution in [2.75, 3.05) is 6.61 Å². The van der Waals surface area contributed by atoms with Gasteiger partial charge in [0.1, 0.15) is 12.7 Å². The normalized spacial score (nSPS) is 24.1. The lowest BCUT2D eigenvalue weighted by molar-refractivity contribution is 0.121. The number of thioether (sulfide) groups is 1. The Balaban J connectivity index is 0.000000241. The second-order valence-electron chi connectivity index (χ2n) is 2.82. The summed E-state index contributed by atoms with van der Waals surface area (Å²) in [6, 6.07) is 0. The van der Waals surface area contributed by atoms with Gasteiger partial charge in [0.05, 0.1) is 10.9 Å². The summed E-state index contributed by atoms with van der Waals surface area (Å²) < 4.78 is 8.90. The van der Waals surface area contributed by atoms with Crippen molar-refractivity contribution in [3.8, 4) is 0 Å². The summed E-state index contributed by atoms with van der Waals surface area (Å²) in [5.41, 5.74) is -0.917. The summed E-state index contributed by atoms with van der Waals surface area (Å²) in [5.74, 6) is 0. The van der Waals surface area contributed by atoms with Gasteiger partial charge in [-0.3, -0.25) is 0 Å². The Morgan fingerprint density at radius 3 is 2.00 bits per heavy atom. The van der Waals surface area contributed by atoms with E-state index in [2.05, 4.69) is 9.47 Å². The van der Waals surface area contributed by atoms with E-state index in [1.165, 1.54) is 0 Å². The first kappa shape index (κ1) is 13.5. The fourth-order valence-electron chi connectivity index (χ4n) is 0.703. The van der Waals surface area contributed by atoms with Crippen LogP contribution in [0.5, 0.6) is 0 Å². The molecule has 1 aliphatic rings. The molecule has 6 heteroatoms. The fourth-order valence-corrected chi connectivity index (χ4v) is 1.27. The Morgan fingerprint density at radius 1 is 1.43 bits per heavy atom. The maximum atomic E-state index is 10.0. The number of carbonyl (C=O) groups excluding carboxylic acids is 1. The van der Waals surface area contributed by atoms with E-state index in [9.17, 15) is 4.79 Å². The molecule has 14 heavy (non-hydrogen) atoms. The maximum absolute atomic E-state index is 10.0. The van der Waals surface area contributed by atoms with Crippen LogP contribution in [0.25, 0.3) is 0 Å². The molecule has 0 bridgehead atoms. The third-order valence-corrected chi connectivity index (χ3v) is 1.91. The third-order valence-electron chi connectivity index (χ3n) is 1.13. The van der Waals surface area contributed by atoms with Crippen molar-refractivity contribution < 1.29 is 24.5 Å². The van der Waals surface area contributed by atoms with Crippen molar-refractivity contribution >= 4 is 17.9 Å². The summed E-state index contributed by atoms with van der Waals surface area (Å²) in [6.07, 6.45) is -0.597. The van der Waals surface area contributed by atoms with E-state index in [1.54, 1.807) is 20.8 Å². The molecule has 0 aromatic carbocycles. The van der Waals surface area contributed by atoms with Crippen LogP contribution in [-0.4, -0.2) is 40.0 Å². The van der Waals surface area contributed by atoms with Gasteiger partial charge < -0.3 is 19.7 Å². The molecule has 2 N–H and O–H groups in total. The molecule has 1 fully saturated rings. The lowest BCUT2D eigenvalue weighted by atomic mass is 10.5. The first-order chi connectivity index (χ1) is 6.41. The van der Waals surface area contributed by atoms with Crippen molar-refractivity contribution in [2.24, 2.45) is 0 Å². The third kappa shape index (κ3) is 8.15. The molecule has 1 rings (SSSR count). The van der Waals surface area contributed by atoms with E-state index >= 15 is 0 Å². The van der Waals surface area contributed by atoms with Gasteiger partial charge in [-0.2, -0.15) is 0 Å². The number of aliphatic hydroxyl groups excluding tert-OH is 2. The molecule has 1 saturated heterocycles. The van der Waals surface area contributed by atoms with Gasteiger partial charge in [-0.1, -0.05) is 0 Å². The van der Waals surface area contributed by atoms with Crippen LogP contribution >= 0.6 is 11.8 Å². The number of hydrogen-bond donors (Lipinski definition) is 2. The summed E-state index contributed by atoms with van der Waals surface area (Å²) >= 11 is 1.12. The molecule has 0 radical (unpaired) electrons. The van der Waals surface area contributed by atoms with Crippen LogP contribution in [0.4, 0.5) is 4.79 Å². The number of rotatable bonds is 2. The first-order valence-electron chi connectivity index (χ1n) is 4.26. The molecule has 84 valence electrons. The van der Waals surface area contributed by atoms with E-state index in [0.717, 1.165) is 11.8 Å². The van der Waals surface area contributed by atoms with Crippen molar-refractivity contribution in [1.29, 1.82) is 0 Å². The van der Waals surface area contributed by atoms with E-state index < -0.39 is 17.0 Å². The molecule has 3 unspecified atom stereocenters. The first-order valence-corrected chi connectivity index (χ1v) is 5.21. The average Bonchev–Trinajstić information content (AvgIpc) is 2.32. The minimum absolute atomic E-state index is 0.0486. The van der Waals surface area contributed by atoms with E-state index in [-0.39, 0.29) is 6.10 Å². The zero-order valence-corrected chi connectivity index (χ0v) is 9.28. The topological polar surface area (TPSA) is 76.0 Å². The van der Waals surface area contributed by atoms with Crippen molar-refractivity contribution in [1.82, 2.24) is 0 Å². The molecular formula is C8H16O5S. The van der Waals surface area contributed by atoms with Crippen LogP contribution in [0.2, 0.25) is 0 Å². The smallest absolute Gasteiger partial charge is 0.430 e. The van der Waals surface area contributed by atoms with Gasteiger partial charge >= 0.3 is 6.16 Å². The molecule has 3 atom stereocenters. The lowest BCUT2D eigenvalue weighted by Crippen LogP contribution is -2.01. The maximum Gasteiger partial charge on any atom is 0.508 e. The van der Waals surface area contributed by atoms with E-state index in [1.807, 2.05) is 0 Å². The molecule has 1 heterocycles. The quantitative estimate of drug-likeness (QED) is 0.537. The summed E-state index contributed by atoms with van der Waals surface area (Å²) in [7, 11) is 0. The summed E-state index contributed by atoms with van der Waals surface area (Å²) in [5, 5.41) is 17.1. The monoisotopic (exact) mass is 224 g/mol. The van der Waals surface area contributed by atoms with Crippen LogP contribution in [0.1, 0.15) is 20.8 Å². The second-order valence-corrected chi connectivity index (χ2v) is 4.46. The van der Waals surface area contributed by atoms with Gasteiger partial charge in [-0.15, -0.1) is 11.8 Å². The molecular weight excluding hydrogens is 208 g/mol. The minimum atomic E-state index is -0.549. The number of aliphatic hydroxyl groups is 2. The predicted octanol–water partition coefficient (Wildman–Crippen LogP) is 0.938. The Hall–Kier alpha value is -0.460. The van der Waals surface area contributed by atoms with Gasteiger partial charge in [-0.25, -0.2) is 4.79 Å². The average molecular weight is 224 g/mol. The van der Waals surface area contributed by atoms with E-state index in [0.29, 0.717) is 6.61 Å². The van der Waals surface area contributed by atoms with Crippen molar-refractivity contribution in [2.45, 2.75) is 37.7 Å². The zero-order chi connectivity index (χ0) is 11.1. The van der Waals surface area contributed by atoms with Gasteiger partial charge in [0.25, 0.3) is 0 Å². The Bertz CT molecular complexity index is 165.